The molecule has 0 atom stereocenters. The molecule has 1 aromatic carbocycles. The summed E-state index contributed by atoms with van der Waals surface area (Å²) in [6, 6.07) is 5.85. The predicted molar refractivity (Wildman–Crippen MR) is 72.8 cm³/mol. The van der Waals surface area contributed by atoms with Gasteiger partial charge in [-0.25, -0.2) is 4.39 Å². The third-order valence-corrected chi connectivity index (χ3v) is 2.97. The average Bonchev–Trinajstić information content (AvgIpc) is 2.41. The number of nitrogens with two attached hydrogens (primary N) is 1. The number of anilines is 2. The van der Waals surface area contributed by atoms with Gasteiger partial charge >= 0.3 is 0 Å². The molecule has 0 fully saturated rings. The predicted octanol–water partition coefficient (Wildman–Crippen LogP) is 2.73. The van der Waals surface area contributed by atoms with Crippen LogP contribution in [0.1, 0.15) is 10.4 Å². The Labute approximate surface area is 114 Å². The molecule has 98 valence electrons. The fourth-order valence-corrected chi connectivity index (χ4v) is 1.84. The fraction of sp³-hybridized carbons (Fsp3) is 0.0769. The van der Waals surface area contributed by atoms with Crippen LogP contribution in [0.2, 0.25) is 5.02 Å². The summed E-state index contributed by atoms with van der Waals surface area (Å²) < 4.78 is 13.8. The molecule has 0 saturated carbocycles. The SMILES string of the molecule is CN(C(=O)c1cccc(Cl)c1F)c1ccncc1N. The molecule has 0 aliphatic heterocycles. The van der Waals surface area contributed by atoms with Crippen molar-refractivity contribution >= 4 is 28.9 Å². The molecule has 2 aromatic rings. The van der Waals surface area contributed by atoms with Gasteiger partial charge < -0.3 is 10.6 Å². The Balaban J connectivity index is 2.40. The van der Waals surface area contributed by atoms with E-state index in [0.717, 1.165) is 0 Å². The Kier molecular flexibility index (Phi) is 3.66. The maximum Gasteiger partial charge on any atom is 0.261 e. The Morgan fingerprint density at radius 2 is 2.16 bits per heavy atom. The van der Waals surface area contributed by atoms with Gasteiger partial charge in [0.25, 0.3) is 5.91 Å². The van der Waals surface area contributed by atoms with Crippen molar-refractivity contribution in [3.8, 4) is 0 Å². The number of carbonyl (C=O) groups excluding carboxylic acids is 1. The maximum absolute atomic E-state index is 13.8. The topological polar surface area (TPSA) is 59.2 Å². The van der Waals surface area contributed by atoms with E-state index in [9.17, 15) is 9.18 Å². The van der Waals surface area contributed by atoms with Crippen LogP contribution in [0.5, 0.6) is 0 Å². The fourth-order valence-electron chi connectivity index (χ4n) is 1.66. The second kappa shape index (κ2) is 5.24. The number of carbonyl (C=O) groups is 1. The van der Waals surface area contributed by atoms with Crippen molar-refractivity contribution in [3.05, 3.63) is 53.1 Å². The van der Waals surface area contributed by atoms with Crippen LogP contribution in [0.3, 0.4) is 0 Å². The standard InChI is InChI=1S/C13H11ClFN3O/c1-18(11-5-6-17-7-10(11)16)13(19)8-3-2-4-9(14)12(8)15/h2-7H,16H2,1H3. The summed E-state index contributed by atoms with van der Waals surface area (Å²) in [5.74, 6) is -1.27. The number of pyridine rings is 1. The van der Waals surface area contributed by atoms with Gasteiger partial charge in [-0.05, 0) is 18.2 Å². The number of nitrogens with zero attached hydrogens (tertiary/aromatic N) is 2. The highest BCUT2D eigenvalue weighted by Gasteiger charge is 2.20. The lowest BCUT2D eigenvalue weighted by atomic mass is 10.1. The van der Waals surface area contributed by atoms with E-state index in [-0.39, 0.29) is 10.6 Å². The summed E-state index contributed by atoms with van der Waals surface area (Å²) in [6.45, 7) is 0. The first-order valence-electron chi connectivity index (χ1n) is 5.44. The van der Waals surface area contributed by atoms with E-state index in [1.165, 1.54) is 42.5 Å². The second-order valence-corrected chi connectivity index (χ2v) is 4.31. The van der Waals surface area contributed by atoms with Crippen LogP contribution in [0.15, 0.2) is 36.7 Å². The van der Waals surface area contributed by atoms with Gasteiger partial charge in [-0.15, -0.1) is 0 Å². The Morgan fingerprint density at radius 1 is 1.42 bits per heavy atom. The molecule has 0 unspecified atom stereocenters. The minimum absolute atomic E-state index is 0.0954. The number of amides is 1. The van der Waals surface area contributed by atoms with E-state index in [0.29, 0.717) is 11.4 Å². The lowest BCUT2D eigenvalue weighted by Gasteiger charge is -2.19. The molecule has 1 aromatic heterocycles. The van der Waals surface area contributed by atoms with E-state index in [4.69, 9.17) is 17.3 Å². The molecular formula is C13H11ClFN3O. The first-order chi connectivity index (χ1) is 9.02. The highest BCUT2D eigenvalue weighted by molar-refractivity contribution is 6.31. The van der Waals surface area contributed by atoms with Crippen LogP contribution < -0.4 is 10.6 Å². The van der Waals surface area contributed by atoms with Gasteiger partial charge in [0.05, 0.1) is 28.2 Å². The zero-order valence-corrected chi connectivity index (χ0v) is 10.9. The summed E-state index contributed by atoms with van der Waals surface area (Å²) in [5, 5.41) is -0.0954. The third kappa shape index (κ3) is 2.51. The highest BCUT2D eigenvalue weighted by atomic mass is 35.5. The number of rotatable bonds is 2. The molecule has 0 aliphatic carbocycles. The lowest BCUT2D eigenvalue weighted by Crippen LogP contribution is -2.28. The zero-order chi connectivity index (χ0) is 14.0. The van der Waals surface area contributed by atoms with Crippen LogP contribution in [0.4, 0.5) is 15.8 Å². The van der Waals surface area contributed by atoms with Crippen LogP contribution in [-0.2, 0) is 0 Å². The highest BCUT2D eigenvalue weighted by Crippen LogP contribution is 2.24. The summed E-state index contributed by atoms with van der Waals surface area (Å²) in [5.41, 5.74) is 6.42. The number of benzene rings is 1. The molecule has 0 saturated heterocycles. The van der Waals surface area contributed by atoms with Crippen molar-refractivity contribution in [3.63, 3.8) is 0 Å². The van der Waals surface area contributed by atoms with E-state index in [1.807, 2.05) is 0 Å². The van der Waals surface area contributed by atoms with Crippen LogP contribution in [-0.4, -0.2) is 17.9 Å². The third-order valence-electron chi connectivity index (χ3n) is 2.68. The smallest absolute Gasteiger partial charge is 0.261 e. The van der Waals surface area contributed by atoms with E-state index >= 15 is 0 Å². The molecule has 19 heavy (non-hydrogen) atoms. The molecule has 0 aliphatic rings. The second-order valence-electron chi connectivity index (χ2n) is 3.90. The minimum atomic E-state index is -0.742. The van der Waals surface area contributed by atoms with Crippen LogP contribution in [0, 0.1) is 5.82 Å². The molecule has 4 nitrogen and oxygen atoms in total. The number of aromatic nitrogens is 1. The van der Waals surface area contributed by atoms with Crippen molar-refractivity contribution in [2.24, 2.45) is 0 Å². The van der Waals surface area contributed by atoms with Crippen molar-refractivity contribution in [1.29, 1.82) is 0 Å². The molecule has 1 heterocycles. The molecule has 6 heteroatoms. The van der Waals surface area contributed by atoms with Crippen molar-refractivity contribution < 1.29 is 9.18 Å². The first kappa shape index (κ1) is 13.3. The Bertz CT molecular complexity index is 633. The number of nitrogen functional groups attached to an aromatic ring is 1. The van der Waals surface area contributed by atoms with E-state index < -0.39 is 11.7 Å². The van der Waals surface area contributed by atoms with Crippen LogP contribution in [0.25, 0.3) is 0 Å². The summed E-state index contributed by atoms with van der Waals surface area (Å²) >= 11 is 5.66. The van der Waals surface area contributed by atoms with Gasteiger partial charge in [-0.3, -0.25) is 9.78 Å². The number of hydrogen-bond acceptors (Lipinski definition) is 3. The molecule has 0 spiro atoms. The summed E-state index contributed by atoms with van der Waals surface area (Å²) in [6.07, 6.45) is 2.93. The molecule has 1 amide bonds. The van der Waals surface area contributed by atoms with Crippen LogP contribution >= 0.6 is 11.6 Å². The van der Waals surface area contributed by atoms with Crippen molar-refractivity contribution in [2.75, 3.05) is 17.7 Å². The summed E-state index contributed by atoms with van der Waals surface area (Å²) in [7, 11) is 1.51. The quantitative estimate of drug-likeness (QED) is 0.919. The molecule has 0 radical (unpaired) electrons. The molecule has 0 bridgehead atoms. The maximum atomic E-state index is 13.8. The van der Waals surface area contributed by atoms with E-state index in [1.54, 1.807) is 6.07 Å². The van der Waals surface area contributed by atoms with Gasteiger partial charge in [-0.2, -0.15) is 0 Å². The summed E-state index contributed by atoms with van der Waals surface area (Å²) in [4.78, 5) is 17.3. The molecular weight excluding hydrogens is 269 g/mol. The van der Waals surface area contributed by atoms with Gasteiger partial charge in [0.2, 0.25) is 0 Å². The zero-order valence-electron chi connectivity index (χ0n) is 10.1. The minimum Gasteiger partial charge on any atom is -0.396 e. The number of halogens is 2. The molecule has 2 rings (SSSR count). The average molecular weight is 280 g/mol. The molecule has 2 N–H and O–H groups in total. The Morgan fingerprint density at radius 3 is 2.84 bits per heavy atom. The largest absolute Gasteiger partial charge is 0.396 e. The first-order valence-corrected chi connectivity index (χ1v) is 5.81. The van der Waals surface area contributed by atoms with Crippen molar-refractivity contribution in [2.45, 2.75) is 0 Å². The van der Waals surface area contributed by atoms with Gasteiger partial charge in [0.15, 0.2) is 5.82 Å². The monoisotopic (exact) mass is 279 g/mol. The van der Waals surface area contributed by atoms with Crippen molar-refractivity contribution in [1.82, 2.24) is 4.98 Å². The van der Waals surface area contributed by atoms with Gasteiger partial charge in [-0.1, -0.05) is 17.7 Å². The Hall–Kier alpha value is -2.14. The number of hydrogen-bond donors (Lipinski definition) is 1. The van der Waals surface area contributed by atoms with Gasteiger partial charge in [0, 0.05) is 13.2 Å². The van der Waals surface area contributed by atoms with Gasteiger partial charge in [0.1, 0.15) is 0 Å². The van der Waals surface area contributed by atoms with E-state index in [2.05, 4.69) is 4.98 Å². The normalized spacial score (nSPS) is 10.3. The lowest BCUT2D eigenvalue weighted by molar-refractivity contribution is 0.0989.